The molecule has 0 unspecified atom stereocenters. The van der Waals surface area contributed by atoms with E-state index in [1.807, 2.05) is 111 Å². The van der Waals surface area contributed by atoms with Gasteiger partial charge in [0.2, 0.25) is 23.6 Å². The van der Waals surface area contributed by atoms with E-state index in [0.29, 0.717) is 31.6 Å². The lowest BCUT2D eigenvalue weighted by Gasteiger charge is -2.41. The molecule has 0 saturated carbocycles. The number of rotatable bonds is 23. The minimum atomic E-state index is -0.810. The second-order valence-corrected chi connectivity index (χ2v) is 18.7. The summed E-state index contributed by atoms with van der Waals surface area (Å²) in [5.41, 5.74) is 8.78. The fraction of sp³-hybridized carbons (Fsp3) is 0.604. The largest absolute Gasteiger partial charge is 0.399 e. The summed E-state index contributed by atoms with van der Waals surface area (Å²) in [5, 5.41) is 9.10. The molecule has 342 valence electrons. The molecule has 1 aromatic heterocycles. The molecule has 0 radical (unpaired) electrons. The van der Waals surface area contributed by atoms with E-state index in [1.165, 1.54) is 11.3 Å². The summed E-state index contributed by atoms with van der Waals surface area (Å²) in [6.45, 7) is 14.9. The Labute approximate surface area is 374 Å². The number of likely N-dealkylation sites (tertiary alicyclic amines) is 1. The number of nitrogens with zero attached hydrogens (tertiary/aromatic N) is 4. The molecule has 4 amide bonds. The number of nitrogens with one attached hydrogen (secondary N) is 2. The zero-order valence-corrected chi connectivity index (χ0v) is 39.7. The lowest BCUT2D eigenvalue weighted by molar-refractivity contribution is -0.148. The molecule has 0 spiro atoms. The van der Waals surface area contributed by atoms with E-state index in [2.05, 4.69) is 29.5 Å². The van der Waals surface area contributed by atoms with Crippen LogP contribution in [-0.4, -0.2) is 115 Å². The Hall–Kier alpha value is -4.37. The summed E-state index contributed by atoms with van der Waals surface area (Å²) in [7, 11) is 6.84. The number of amides is 4. The summed E-state index contributed by atoms with van der Waals surface area (Å²) in [5.74, 6) is -1.61. The van der Waals surface area contributed by atoms with E-state index in [9.17, 15) is 19.2 Å². The van der Waals surface area contributed by atoms with Gasteiger partial charge in [-0.2, -0.15) is 0 Å². The van der Waals surface area contributed by atoms with Gasteiger partial charge in [-0.05, 0) is 67.3 Å². The first-order valence-electron chi connectivity index (χ1n) is 22.2. The lowest BCUT2D eigenvalue weighted by Crippen LogP contribution is -2.60. The summed E-state index contributed by atoms with van der Waals surface area (Å²) in [6, 6.07) is 15.2. The summed E-state index contributed by atoms with van der Waals surface area (Å²) in [6.07, 6.45) is 3.37. The van der Waals surface area contributed by atoms with Crippen molar-refractivity contribution in [2.45, 2.75) is 130 Å². The normalized spacial score (nSPS) is 18.2. The van der Waals surface area contributed by atoms with Crippen LogP contribution in [0.2, 0.25) is 0 Å². The fourth-order valence-electron chi connectivity index (χ4n) is 9.13. The Bertz CT molecular complexity index is 1860. The molecule has 62 heavy (non-hydrogen) atoms. The Morgan fingerprint density at radius 2 is 1.61 bits per heavy atom. The molecule has 4 rings (SSSR count). The molecule has 3 aromatic rings. The van der Waals surface area contributed by atoms with Crippen molar-refractivity contribution in [1.29, 1.82) is 0 Å². The number of nitrogens with two attached hydrogens (primary N) is 1. The summed E-state index contributed by atoms with van der Waals surface area (Å²) >= 11 is 1.50. The van der Waals surface area contributed by atoms with Crippen LogP contribution in [0.5, 0.6) is 0 Å². The Morgan fingerprint density at radius 1 is 0.919 bits per heavy atom. The molecule has 9 atom stereocenters. The number of carbonyl (C=O) groups excluding carboxylic acids is 4. The van der Waals surface area contributed by atoms with Gasteiger partial charge in [0.15, 0.2) is 0 Å². The first-order valence-corrected chi connectivity index (χ1v) is 23.1. The number of aromatic nitrogens is 1. The van der Waals surface area contributed by atoms with E-state index in [4.69, 9.17) is 15.2 Å². The first kappa shape index (κ1) is 50.3. The van der Waals surface area contributed by atoms with E-state index >= 15 is 0 Å². The molecule has 2 heterocycles. The van der Waals surface area contributed by atoms with Crippen molar-refractivity contribution in [3.8, 4) is 0 Å². The first-order chi connectivity index (χ1) is 29.5. The fourth-order valence-corrected chi connectivity index (χ4v) is 9.82. The Morgan fingerprint density at radius 3 is 2.19 bits per heavy atom. The predicted molar refractivity (Wildman–Crippen MR) is 247 cm³/mol. The average molecular weight is 876 g/mol. The van der Waals surface area contributed by atoms with Crippen molar-refractivity contribution in [2.75, 3.05) is 40.6 Å². The molecule has 2 aromatic carbocycles. The van der Waals surface area contributed by atoms with E-state index in [-0.39, 0.29) is 59.9 Å². The van der Waals surface area contributed by atoms with Crippen LogP contribution in [0, 0.1) is 23.7 Å². The van der Waals surface area contributed by atoms with Gasteiger partial charge in [0.05, 0.1) is 48.7 Å². The summed E-state index contributed by atoms with van der Waals surface area (Å²) in [4.78, 5) is 67.1. The molecule has 0 bridgehead atoms. The molecule has 1 fully saturated rings. The van der Waals surface area contributed by atoms with Crippen molar-refractivity contribution in [2.24, 2.45) is 23.7 Å². The molecule has 1 saturated heterocycles. The van der Waals surface area contributed by atoms with Crippen LogP contribution in [0.4, 0.5) is 5.69 Å². The van der Waals surface area contributed by atoms with Crippen molar-refractivity contribution in [1.82, 2.24) is 30.3 Å². The van der Waals surface area contributed by atoms with Gasteiger partial charge >= 0.3 is 0 Å². The zero-order chi connectivity index (χ0) is 45.7. The number of nitrogen functional groups attached to an aromatic ring is 1. The molecule has 13 nitrogen and oxygen atoms in total. The third kappa shape index (κ3) is 13.1. The number of likely N-dealkylation sites (N-methyl/N-ethyl adjacent to an activating group) is 2. The van der Waals surface area contributed by atoms with Crippen molar-refractivity contribution < 1.29 is 28.7 Å². The molecule has 14 heteroatoms. The van der Waals surface area contributed by atoms with Crippen LogP contribution >= 0.6 is 11.3 Å². The van der Waals surface area contributed by atoms with E-state index in [1.54, 1.807) is 32.4 Å². The molecular formula is C48H73N7O6S. The number of benzene rings is 2. The van der Waals surface area contributed by atoms with Gasteiger partial charge < -0.3 is 35.6 Å². The quantitative estimate of drug-likeness (QED) is 0.0925. The monoisotopic (exact) mass is 876 g/mol. The van der Waals surface area contributed by atoms with Crippen molar-refractivity contribution in [3.63, 3.8) is 0 Å². The van der Waals surface area contributed by atoms with Crippen LogP contribution in [-0.2, 0) is 41.6 Å². The second kappa shape index (κ2) is 23.9. The standard InChI is InChI=1S/C48H73N7O6S/c1-12-32(6)43(54(9)48(59)41(30(2)3)52-46(58)42(31(4)5)53(8)29-35-20-16-21-36(49)26-35)39(60-10)28-40(56)55-24-17-22-38(55)44(61-11)33(7)45(57)51-37(47-50-23-25-62-47)27-34-18-14-13-15-19-34/h13-16,18-21,23,25-26,30-33,37-39,41-44H,12,17,22,24,27-29,49H2,1-11H3,(H,51,57)(H,52,58)/t32-,33+,37-,38-,39-,41-,42-,43-,44+/m0/s1. The summed E-state index contributed by atoms with van der Waals surface area (Å²) < 4.78 is 12.2. The maximum atomic E-state index is 14.6. The zero-order valence-electron chi connectivity index (χ0n) is 38.9. The highest BCUT2D eigenvalue weighted by Crippen LogP contribution is 2.31. The SMILES string of the molecule is CC[C@H](C)[C@@H]([C@H](CC(=O)N1CCC[C@H]1[C@H](OC)[C@@H](C)C(=O)N[C@@H](Cc1ccccc1)c1nccs1)OC)N(C)C(=O)[C@@H](NC(=O)[C@H](C(C)C)N(C)Cc1cccc(N)c1)C(C)C. The van der Waals surface area contributed by atoms with Gasteiger partial charge in [-0.1, -0.05) is 97.4 Å². The molecule has 1 aliphatic rings. The molecule has 4 N–H and O–H groups in total. The molecular weight excluding hydrogens is 803 g/mol. The van der Waals surface area contributed by atoms with Gasteiger partial charge in [0.1, 0.15) is 11.0 Å². The van der Waals surface area contributed by atoms with Gasteiger partial charge in [0, 0.05) is 51.6 Å². The van der Waals surface area contributed by atoms with Crippen molar-refractivity contribution in [3.05, 3.63) is 82.3 Å². The number of anilines is 1. The second-order valence-electron chi connectivity index (χ2n) is 17.8. The topological polar surface area (TPSA) is 159 Å². The van der Waals surface area contributed by atoms with Gasteiger partial charge in [0.25, 0.3) is 0 Å². The Balaban J connectivity index is 1.48. The maximum Gasteiger partial charge on any atom is 0.245 e. The van der Waals surface area contributed by atoms with Gasteiger partial charge in [-0.25, -0.2) is 4.98 Å². The molecule has 0 aliphatic carbocycles. The van der Waals surface area contributed by atoms with Crippen LogP contribution in [0.25, 0.3) is 0 Å². The molecule has 1 aliphatic heterocycles. The van der Waals surface area contributed by atoms with Gasteiger partial charge in [-0.3, -0.25) is 24.1 Å². The Kier molecular flexibility index (Phi) is 19.4. The van der Waals surface area contributed by atoms with Crippen LogP contribution in [0.3, 0.4) is 0 Å². The lowest BCUT2D eigenvalue weighted by atomic mass is 9.89. The highest BCUT2D eigenvalue weighted by molar-refractivity contribution is 7.09. The van der Waals surface area contributed by atoms with E-state index < -0.39 is 36.3 Å². The number of thiazole rings is 1. The minimum Gasteiger partial charge on any atom is -0.399 e. The van der Waals surface area contributed by atoms with E-state index in [0.717, 1.165) is 29.0 Å². The van der Waals surface area contributed by atoms with Gasteiger partial charge in [-0.15, -0.1) is 11.3 Å². The highest BCUT2D eigenvalue weighted by atomic mass is 32.1. The number of methoxy groups -OCH3 is 2. The van der Waals surface area contributed by atoms with Crippen LogP contribution in [0.15, 0.2) is 66.2 Å². The van der Waals surface area contributed by atoms with Crippen molar-refractivity contribution >= 4 is 40.7 Å². The number of hydrogen-bond acceptors (Lipinski definition) is 10. The third-order valence-corrected chi connectivity index (χ3v) is 13.5. The predicted octanol–water partition coefficient (Wildman–Crippen LogP) is 6.34. The minimum absolute atomic E-state index is 0.0305. The average Bonchev–Trinajstić information content (AvgIpc) is 3.96. The maximum absolute atomic E-state index is 14.6. The van der Waals surface area contributed by atoms with Crippen LogP contribution < -0.4 is 16.4 Å². The third-order valence-electron chi connectivity index (χ3n) is 12.6. The van der Waals surface area contributed by atoms with Crippen LogP contribution in [0.1, 0.15) is 96.3 Å². The number of carbonyl (C=O) groups is 4. The number of ether oxygens (including phenoxy) is 2. The highest BCUT2D eigenvalue weighted by Gasteiger charge is 2.43. The smallest absolute Gasteiger partial charge is 0.245 e. The number of hydrogen-bond donors (Lipinski definition) is 3.